The zero-order valence-electron chi connectivity index (χ0n) is 9.03. The van der Waals surface area contributed by atoms with Crippen molar-refractivity contribution < 1.29 is 9.53 Å². The third kappa shape index (κ3) is 2.20. The van der Waals surface area contributed by atoms with Crippen LogP contribution in [0.15, 0.2) is 18.2 Å². The Morgan fingerprint density at radius 1 is 1.40 bits per heavy atom. The molecular weight excluding hydrogens is 188 g/mol. The Bertz CT molecular complexity index is 358. The normalized spacial score (nSPS) is 20.2. The lowest BCUT2D eigenvalue weighted by molar-refractivity contribution is -0.111. The monoisotopic (exact) mass is 204 g/mol. The minimum absolute atomic E-state index is 0.193. The second-order valence-electron chi connectivity index (χ2n) is 4.13. The van der Waals surface area contributed by atoms with E-state index in [9.17, 15) is 4.79 Å². The first-order chi connectivity index (χ1) is 7.33. The molecular formula is C13H16O2. The number of hydrogen-bond acceptors (Lipinski definition) is 2. The number of benzene rings is 1. The van der Waals surface area contributed by atoms with Gasteiger partial charge in [-0.05, 0) is 48.9 Å². The number of aryl methyl sites for hydroxylation is 1. The van der Waals surface area contributed by atoms with Gasteiger partial charge in [0, 0.05) is 5.92 Å². The molecule has 0 saturated heterocycles. The first-order valence-corrected chi connectivity index (χ1v) is 5.44. The van der Waals surface area contributed by atoms with Crippen molar-refractivity contribution in [2.24, 2.45) is 5.92 Å². The van der Waals surface area contributed by atoms with Crippen LogP contribution >= 0.6 is 0 Å². The van der Waals surface area contributed by atoms with Gasteiger partial charge in [0.15, 0.2) is 0 Å². The average molecular weight is 204 g/mol. The third-order valence-corrected chi connectivity index (χ3v) is 3.11. The number of hydrogen-bond donors (Lipinski definition) is 0. The summed E-state index contributed by atoms with van der Waals surface area (Å²) >= 11 is 0. The van der Waals surface area contributed by atoms with E-state index in [1.807, 2.05) is 6.07 Å². The summed E-state index contributed by atoms with van der Waals surface area (Å²) in [5.41, 5.74) is 2.66. The smallest absolute Gasteiger partial charge is 0.123 e. The van der Waals surface area contributed by atoms with Gasteiger partial charge < -0.3 is 9.53 Å². The quantitative estimate of drug-likeness (QED) is 0.546. The largest absolute Gasteiger partial charge is 0.497 e. The maximum Gasteiger partial charge on any atom is 0.123 e. The molecule has 0 N–H and O–H groups in total. The maximum absolute atomic E-state index is 10.8. The van der Waals surface area contributed by atoms with Crippen LogP contribution in [0.2, 0.25) is 0 Å². The summed E-state index contributed by atoms with van der Waals surface area (Å²) < 4.78 is 5.20. The molecule has 1 aliphatic rings. The number of methoxy groups -OCH3 is 1. The van der Waals surface area contributed by atoms with Crippen molar-refractivity contribution in [3.05, 3.63) is 29.3 Å². The fraction of sp³-hybridized carbons (Fsp3) is 0.462. The van der Waals surface area contributed by atoms with Crippen LogP contribution in [0.3, 0.4) is 0 Å². The molecule has 0 spiro atoms. The summed E-state index contributed by atoms with van der Waals surface area (Å²) in [5, 5.41) is 0. The number of carbonyl (C=O) groups excluding carboxylic acids is 1. The van der Waals surface area contributed by atoms with Crippen molar-refractivity contribution in [1.82, 2.24) is 0 Å². The van der Waals surface area contributed by atoms with Crippen LogP contribution in [0.1, 0.15) is 24.0 Å². The first-order valence-electron chi connectivity index (χ1n) is 5.44. The number of ether oxygens (including phenoxy) is 1. The number of carbonyl (C=O) groups is 1. The molecule has 15 heavy (non-hydrogen) atoms. The predicted molar refractivity (Wildman–Crippen MR) is 59.2 cm³/mol. The van der Waals surface area contributed by atoms with Crippen molar-refractivity contribution in [2.75, 3.05) is 7.11 Å². The molecule has 1 atom stereocenters. The van der Waals surface area contributed by atoms with E-state index in [-0.39, 0.29) is 5.92 Å². The molecule has 0 heterocycles. The Hall–Kier alpha value is -1.31. The van der Waals surface area contributed by atoms with Crippen LogP contribution in [-0.2, 0) is 17.6 Å². The molecule has 0 bridgehead atoms. The summed E-state index contributed by atoms with van der Waals surface area (Å²) in [7, 11) is 1.68. The second-order valence-corrected chi connectivity index (χ2v) is 4.13. The van der Waals surface area contributed by atoms with E-state index in [0.717, 1.165) is 37.7 Å². The van der Waals surface area contributed by atoms with Gasteiger partial charge in [-0.3, -0.25) is 0 Å². The lowest BCUT2D eigenvalue weighted by atomic mass is 9.98. The van der Waals surface area contributed by atoms with Crippen LogP contribution < -0.4 is 4.74 Å². The maximum atomic E-state index is 10.8. The lowest BCUT2D eigenvalue weighted by Gasteiger charge is -2.09. The van der Waals surface area contributed by atoms with Crippen LogP contribution in [0, 0.1) is 5.92 Å². The summed E-state index contributed by atoms with van der Waals surface area (Å²) in [6, 6.07) is 6.19. The van der Waals surface area contributed by atoms with E-state index in [0.29, 0.717) is 0 Å². The molecule has 0 aliphatic heterocycles. The first kappa shape index (κ1) is 10.2. The summed E-state index contributed by atoms with van der Waals surface area (Å²) in [6.45, 7) is 0. The van der Waals surface area contributed by atoms with Crippen molar-refractivity contribution >= 4 is 6.29 Å². The number of aldehydes is 1. The highest BCUT2D eigenvalue weighted by Crippen LogP contribution is 2.26. The van der Waals surface area contributed by atoms with Gasteiger partial charge in [0.25, 0.3) is 0 Å². The van der Waals surface area contributed by atoms with Gasteiger partial charge >= 0.3 is 0 Å². The predicted octanol–water partition coefficient (Wildman–Crippen LogP) is 2.39. The zero-order chi connectivity index (χ0) is 10.7. The van der Waals surface area contributed by atoms with E-state index >= 15 is 0 Å². The van der Waals surface area contributed by atoms with Gasteiger partial charge in [-0.2, -0.15) is 0 Å². The van der Waals surface area contributed by atoms with E-state index in [1.54, 1.807) is 7.11 Å². The Morgan fingerprint density at radius 3 is 3.00 bits per heavy atom. The van der Waals surface area contributed by atoms with E-state index in [2.05, 4.69) is 12.1 Å². The zero-order valence-corrected chi connectivity index (χ0v) is 9.03. The summed E-state index contributed by atoms with van der Waals surface area (Å²) in [4.78, 5) is 10.8. The van der Waals surface area contributed by atoms with Crippen LogP contribution in [0.4, 0.5) is 0 Å². The minimum atomic E-state index is 0.193. The molecule has 2 heteroatoms. The molecule has 80 valence electrons. The molecule has 2 nitrogen and oxygen atoms in total. The van der Waals surface area contributed by atoms with Crippen molar-refractivity contribution in [3.63, 3.8) is 0 Å². The van der Waals surface area contributed by atoms with Gasteiger partial charge in [0.2, 0.25) is 0 Å². The van der Waals surface area contributed by atoms with Crippen LogP contribution in [0.25, 0.3) is 0 Å². The topological polar surface area (TPSA) is 26.3 Å². The van der Waals surface area contributed by atoms with Crippen molar-refractivity contribution in [1.29, 1.82) is 0 Å². The lowest BCUT2D eigenvalue weighted by Crippen LogP contribution is -2.04. The van der Waals surface area contributed by atoms with Crippen molar-refractivity contribution in [2.45, 2.75) is 25.7 Å². The molecule has 0 aromatic heterocycles. The molecule has 1 aromatic rings. The Kier molecular flexibility index (Phi) is 3.05. The highest BCUT2D eigenvalue weighted by molar-refractivity contribution is 5.55. The van der Waals surface area contributed by atoms with E-state index in [4.69, 9.17) is 4.74 Å². The second kappa shape index (κ2) is 4.47. The van der Waals surface area contributed by atoms with E-state index in [1.165, 1.54) is 11.1 Å². The molecule has 1 aromatic carbocycles. The molecule has 0 amide bonds. The molecule has 0 fully saturated rings. The van der Waals surface area contributed by atoms with Gasteiger partial charge in [-0.15, -0.1) is 0 Å². The fourth-order valence-electron chi connectivity index (χ4n) is 2.22. The molecule has 2 rings (SSSR count). The molecule has 1 aliphatic carbocycles. The Morgan fingerprint density at radius 2 is 2.27 bits per heavy atom. The van der Waals surface area contributed by atoms with Gasteiger partial charge in [0.1, 0.15) is 12.0 Å². The summed E-state index contributed by atoms with van der Waals surface area (Å²) in [6.07, 6.45) is 5.18. The standard InChI is InChI=1S/C13H16O2/c1-15-13-6-5-11-4-2-3-10(9-14)7-12(11)8-13/h5-6,8-10H,2-4,7H2,1H3. The SMILES string of the molecule is COc1ccc2c(c1)CC(C=O)CCC2. The Labute approximate surface area is 90.3 Å². The van der Waals surface area contributed by atoms with Gasteiger partial charge in [-0.1, -0.05) is 6.07 Å². The molecule has 0 radical (unpaired) electrons. The van der Waals surface area contributed by atoms with Crippen LogP contribution in [-0.4, -0.2) is 13.4 Å². The highest BCUT2D eigenvalue weighted by Gasteiger charge is 2.16. The third-order valence-electron chi connectivity index (χ3n) is 3.11. The highest BCUT2D eigenvalue weighted by atomic mass is 16.5. The molecule has 1 unspecified atom stereocenters. The number of rotatable bonds is 2. The average Bonchev–Trinajstić information content (AvgIpc) is 2.49. The van der Waals surface area contributed by atoms with E-state index < -0.39 is 0 Å². The van der Waals surface area contributed by atoms with Gasteiger partial charge in [-0.25, -0.2) is 0 Å². The molecule has 0 saturated carbocycles. The minimum Gasteiger partial charge on any atom is -0.497 e. The fourth-order valence-corrected chi connectivity index (χ4v) is 2.22. The van der Waals surface area contributed by atoms with Gasteiger partial charge in [0.05, 0.1) is 7.11 Å². The van der Waals surface area contributed by atoms with Crippen LogP contribution in [0.5, 0.6) is 5.75 Å². The summed E-state index contributed by atoms with van der Waals surface area (Å²) in [5.74, 6) is 1.08. The van der Waals surface area contributed by atoms with Crippen molar-refractivity contribution in [3.8, 4) is 5.75 Å². The Balaban J connectivity index is 2.31. The number of fused-ring (bicyclic) bond motifs is 1.